The van der Waals surface area contributed by atoms with Crippen molar-refractivity contribution in [2.45, 2.75) is 26.4 Å². The number of hydrogen-bond donors (Lipinski definition) is 2. The molecule has 2 nitrogen and oxygen atoms in total. The van der Waals surface area contributed by atoms with E-state index in [1.54, 1.807) is 6.07 Å². The van der Waals surface area contributed by atoms with Crippen LogP contribution in [0.4, 0.5) is 18.9 Å². The van der Waals surface area contributed by atoms with E-state index in [4.69, 9.17) is 5.73 Å². The largest absolute Gasteiger partial charge is 0.418 e. The first-order valence-corrected chi connectivity index (χ1v) is 5.86. The van der Waals surface area contributed by atoms with E-state index in [0.717, 1.165) is 12.5 Å². The van der Waals surface area contributed by atoms with Crippen molar-refractivity contribution in [1.29, 1.82) is 0 Å². The Labute approximate surface area is 105 Å². The van der Waals surface area contributed by atoms with Gasteiger partial charge in [-0.05, 0) is 30.5 Å². The molecule has 5 heteroatoms. The second-order valence-electron chi connectivity index (χ2n) is 5.09. The number of nitrogens with two attached hydrogens (primary N) is 1. The number of anilines is 1. The van der Waals surface area contributed by atoms with Crippen molar-refractivity contribution >= 4 is 5.69 Å². The maximum atomic E-state index is 12.7. The zero-order valence-electron chi connectivity index (χ0n) is 10.6. The van der Waals surface area contributed by atoms with Crippen molar-refractivity contribution in [1.82, 2.24) is 0 Å². The molecular formula is C13H19F3N2. The van der Waals surface area contributed by atoms with Gasteiger partial charge in [-0.25, -0.2) is 0 Å². The van der Waals surface area contributed by atoms with Crippen LogP contribution >= 0.6 is 0 Å². The third-order valence-electron chi connectivity index (χ3n) is 2.90. The highest BCUT2D eigenvalue weighted by atomic mass is 19.4. The van der Waals surface area contributed by atoms with Crippen molar-refractivity contribution in [3.8, 4) is 0 Å². The summed E-state index contributed by atoms with van der Waals surface area (Å²) in [4.78, 5) is 0. The average molecular weight is 260 g/mol. The second kappa shape index (κ2) is 5.61. The summed E-state index contributed by atoms with van der Waals surface area (Å²) in [5, 5.41) is 2.83. The normalized spacial score (nSPS) is 12.6. The van der Waals surface area contributed by atoms with Crippen molar-refractivity contribution in [3.05, 3.63) is 29.8 Å². The number of halogens is 3. The van der Waals surface area contributed by atoms with Crippen LogP contribution in [0.1, 0.15) is 25.8 Å². The highest BCUT2D eigenvalue weighted by Crippen LogP contribution is 2.34. The zero-order chi connectivity index (χ0) is 13.8. The first-order chi connectivity index (χ1) is 8.26. The molecule has 102 valence electrons. The molecule has 0 radical (unpaired) electrons. The van der Waals surface area contributed by atoms with E-state index in [0.29, 0.717) is 13.1 Å². The SMILES string of the molecule is CC(C)(CN)CCNc1ccccc1C(F)(F)F. The molecule has 18 heavy (non-hydrogen) atoms. The summed E-state index contributed by atoms with van der Waals surface area (Å²) in [6.45, 7) is 4.96. The zero-order valence-corrected chi connectivity index (χ0v) is 10.6. The Morgan fingerprint density at radius 2 is 1.78 bits per heavy atom. The summed E-state index contributed by atoms with van der Waals surface area (Å²) >= 11 is 0. The molecular weight excluding hydrogens is 241 g/mol. The maximum absolute atomic E-state index is 12.7. The van der Waals surface area contributed by atoms with Crippen LogP contribution < -0.4 is 11.1 Å². The first-order valence-electron chi connectivity index (χ1n) is 5.86. The van der Waals surface area contributed by atoms with Gasteiger partial charge in [-0.3, -0.25) is 0 Å². The van der Waals surface area contributed by atoms with Gasteiger partial charge < -0.3 is 11.1 Å². The topological polar surface area (TPSA) is 38.0 Å². The first kappa shape index (κ1) is 14.8. The Morgan fingerprint density at radius 1 is 1.17 bits per heavy atom. The van der Waals surface area contributed by atoms with E-state index in [1.165, 1.54) is 12.1 Å². The molecule has 1 rings (SSSR count). The predicted molar refractivity (Wildman–Crippen MR) is 67.4 cm³/mol. The standard InChI is InChI=1S/C13H19F3N2/c1-12(2,9-17)7-8-18-11-6-4-3-5-10(11)13(14,15)16/h3-6,18H,7-9,17H2,1-2H3. The average Bonchev–Trinajstić information content (AvgIpc) is 2.28. The molecule has 0 aliphatic carbocycles. The molecule has 0 heterocycles. The van der Waals surface area contributed by atoms with E-state index < -0.39 is 11.7 Å². The Morgan fingerprint density at radius 3 is 2.33 bits per heavy atom. The fourth-order valence-corrected chi connectivity index (χ4v) is 1.52. The molecule has 0 fully saturated rings. The van der Waals surface area contributed by atoms with Crippen molar-refractivity contribution < 1.29 is 13.2 Å². The molecule has 0 spiro atoms. The molecule has 1 aromatic rings. The Kier molecular flexibility index (Phi) is 4.62. The van der Waals surface area contributed by atoms with Gasteiger partial charge in [0.1, 0.15) is 0 Å². The minimum absolute atomic E-state index is 0.0693. The van der Waals surface area contributed by atoms with Gasteiger partial charge in [0.2, 0.25) is 0 Å². The number of hydrogen-bond acceptors (Lipinski definition) is 2. The van der Waals surface area contributed by atoms with Gasteiger partial charge in [-0.2, -0.15) is 13.2 Å². The third-order valence-corrected chi connectivity index (χ3v) is 2.90. The van der Waals surface area contributed by atoms with Gasteiger partial charge in [0, 0.05) is 12.2 Å². The fraction of sp³-hybridized carbons (Fsp3) is 0.538. The van der Waals surface area contributed by atoms with E-state index in [2.05, 4.69) is 5.32 Å². The monoisotopic (exact) mass is 260 g/mol. The lowest BCUT2D eigenvalue weighted by molar-refractivity contribution is -0.136. The van der Waals surface area contributed by atoms with Crippen LogP contribution in [-0.2, 0) is 6.18 Å². The van der Waals surface area contributed by atoms with Crippen LogP contribution in [0.2, 0.25) is 0 Å². The lowest BCUT2D eigenvalue weighted by Gasteiger charge is -2.23. The lowest BCUT2D eigenvalue weighted by atomic mass is 9.89. The highest BCUT2D eigenvalue weighted by molar-refractivity contribution is 5.52. The summed E-state index contributed by atoms with van der Waals surface area (Å²) in [6, 6.07) is 5.50. The van der Waals surface area contributed by atoms with Crippen LogP contribution in [0.3, 0.4) is 0 Å². The molecule has 0 bridgehead atoms. The van der Waals surface area contributed by atoms with Crippen molar-refractivity contribution in [2.75, 3.05) is 18.4 Å². The summed E-state index contributed by atoms with van der Waals surface area (Å²) in [5.74, 6) is 0. The molecule has 0 atom stereocenters. The van der Waals surface area contributed by atoms with E-state index >= 15 is 0 Å². The minimum Gasteiger partial charge on any atom is -0.385 e. The third kappa shape index (κ3) is 4.22. The predicted octanol–water partition coefficient (Wildman–Crippen LogP) is 3.49. The summed E-state index contributed by atoms with van der Waals surface area (Å²) in [5.41, 5.74) is 5.00. The lowest BCUT2D eigenvalue weighted by Crippen LogP contribution is -2.26. The van der Waals surface area contributed by atoms with Gasteiger partial charge >= 0.3 is 6.18 Å². The van der Waals surface area contributed by atoms with Crippen LogP contribution in [-0.4, -0.2) is 13.1 Å². The van der Waals surface area contributed by atoms with Crippen LogP contribution in [0.5, 0.6) is 0 Å². The van der Waals surface area contributed by atoms with E-state index in [1.807, 2.05) is 13.8 Å². The number of nitrogens with one attached hydrogen (secondary N) is 1. The summed E-state index contributed by atoms with van der Waals surface area (Å²) in [7, 11) is 0. The quantitative estimate of drug-likeness (QED) is 0.850. The molecule has 0 amide bonds. The molecule has 0 unspecified atom stereocenters. The van der Waals surface area contributed by atoms with Gasteiger partial charge in [-0.15, -0.1) is 0 Å². The van der Waals surface area contributed by atoms with Crippen LogP contribution in [0, 0.1) is 5.41 Å². The minimum atomic E-state index is -4.33. The van der Waals surface area contributed by atoms with Gasteiger partial charge in [0.05, 0.1) is 5.56 Å². The van der Waals surface area contributed by atoms with E-state index in [-0.39, 0.29) is 11.1 Å². The van der Waals surface area contributed by atoms with Gasteiger partial charge in [0.25, 0.3) is 0 Å². The Hall–Kier alpha value is -1.23. The van der Waals surface area contributed by atoms with Gasteiger partial charge in [-0.1, -0.05) is 26.0 Å². The van der Waals surface area contributed by atoms with Gasteiger partial charge in [0.15, 0.2) is 0 Å². The highest BCUT2D eigenvalue weighted by Gasteiger charge is 2.33. The molecule has 0 saturated heterocycles. The van der Waals surface area contributed by atoms with Crippen LogP contribution in [0.15, 0.2) is 24.3 Å². The molecule has 3 N–H and O–H groups in total. The number of alkyl halides is 3. The number of para-hydroxylation sites is 1. The summed E-state index contributed by atoms with van der Waals surface area (Å²) < 4.78 is 38.1. The molecule has 0 aliphatic rings. The second-order valence-corrected chi connectivity index (χ2v) is 5.09. The smallest absolute Gasteiger partial charge is 0.385 e. The van der Waals surface area contributed by atoms with Crippen molar-refractivity contribution in [2.24, 2.45) is 11.1 Å². The van der Waals surface area contributed by atoms with Crippen LogP contribution in [0.25, 0.3) is 0 Å². The molecule has 0 aliphatic heterocycles. The number of rotatable bonds is 5. The Bertz CT molecular complexity index is 386. The molecule has 0 saturated carbocycles. The number of benzene rings is 1. The molecule has 0 aromatic heterocycles. The molecule has 1 aromatic carbocycles. The summed E-state index contributed by atoms with van der Waals surface area (Å²) in [6.07, 6.45) is -3.61. The fourth-order valence-electron chi connectivity index (χ4n) is 1.52. The van der Waals surface area contributed by atoms with Crippen molar-refractivity contribution in [3.63, 3.8) is 0 Å². The Balaban J connectivity index is 2.69. The maximum Gasteiger partial charge on any atom is 0.418 e. The van der Waals surface area contributed by atoms with E-state index in [9.17, 15) is 13.2 Å².